The Morgan fingerprint density at radius 1 is 1.25 bits per heavy atom. The van der Waals surface area contributed by atoms with E-state index in [2.05, 4.69) is 50.9 Å². The Bertz CT molecular complexity index is 261. The van der Waals surface area contributed by atoms with E-state index in [1.807, 2.05) is 0 Å². The number of hydrogen-bond donors (Lipinski definition) is 0. The average Bonchev–Trinajstić information content (AvgIpc) is 1.96. The van der Waals surface area contributed by atoms with Crippen molar-refractivity contribution in [3.8, 4) is 0 Å². The zero-order valence-corrected chi connectivity index (χ0v) is 10.2. The van der Waals surface area contributed by atoms with E-state index in [9.17, 15) is 0 Å². The lowest BCUT2D eigenvalue weighted by atomic mass is 10.2. The number of aryl methyl sites for hydroxylation is 1. The van der Waals surface area contributed by atoms with Crippen LogP contribution < -0.4 is 0 Å². The van der Waals surface area contributed by atoms with Crippen molar-refractivity contribution in [2.24, 2.45) is 0 Å². The monoisotopic (exact) mass is 292 g/mol. The van der Waals surface area contributed by atoms with Gasteiger partial charge >= 0.3 is 0 Å². The maximum Gasteiger partial charge on any atom is 0.0735 e. The van der Waals surface area contributed by atoms with Gasteiger partial charge in [0.2, 0.25) is 0 Å². The molecule has 0 unspecified atom stereocenters. The van der Waals surface area contributed by atoms with E-state index >= 15 is 0 Å². The third kappa shape index (κ3) is 2.31. The van der Waals surface area contributed by atoms with Crippen LogP contribution in [-0.4, -0.2) is 7.11 Å². The fourth-order valence-corrected chi connectivity index (χ4v) is 2.66. The second-order valence-electron chi connectivity index (χ2n) is 2.64. The summed E-state index contributed by atoms with van der Waals surface area (Å²) in [7, 11) is 1.69. The maximum absolute atomic E-state index is 5.07. The predicted octanol–water partition coefficient (Wildman–Crippen LogP) is 3.67. The molecule has 0 spiro atoms. The summed E-state index contributed by atoms with van der Waals surface area (Å²) in [5, 5.41) is 0. The Hall–Kier alpha value is 0.140. The highest BCUT2D eigenvalue weighted by Crippen LogP contribution is 2.27. The molecule has 0 N–H and O–H groups in total. The molecule has 0 saturated heterocycles. The topological polar surface area (TPSA) is 9.23 Å². The fraction of sp³-hybridized carbons (Fsp3) is 0.333. The number of methoxy groups -OCH3 is 1. The molecule has 0 fully saturated rings. The molecule has 0 radical (unpaired) electrons. The summed E-state index contributed by atoms with van der Waals surface area (Å²) in [5.74, 6) is 0. The lowest BCUT2D eigenvalue weighted by Crippen LogP contribution is -1.91. The summed E-state index contributed by atoms with van der Waals surface area (Å²) in [5.41, 5.74) is 2.39. The van der Waals surface area contributed by atoms with Crippen LogP contribution in [0.2, 0.25) is 0 Å². The Balaban J connectivity index is 3.10. The maximum atomic E-state index is 5.07. The summed E-state index contributed by atoms with van der Waals surface area (Å²) < 4.78 is 7.26. The van der Waals surface area contributed by atoms with Gasteiger partial charge in [0, 0.05) is 21.6 Å². The van der Waals surface area contributed by atoms with Gasteiger partial charge < -0.3 is 4.74 Å². The average molecular weight is 294 g/mol. The van der Waals surface area contributed by atoms with Crippen molar-refractivity contribution in [2.75, 3.05) is 7.11 Å². The molecule has 1 nitrogen and oxygen atoms in total. The van der Waals surface area contributed by atoms with Gasteiger partial charge in [-0.3, -0.25) is 0 Å². The van der Waals surface area contributed by atoms with Crippen LogP contribution in [0.1, 0.15) is 11.1 Å². The quantitative estimate of drug-likeness (QED) is 0.808. The Morgan fingerprint density at radius 3 is 2.17 bits per heavy atom. The zero-order valence-electron chi connectivity index (χ0n) is 7.03. The van der Waals surface area contributed by atoms with Gasteiger partial charge in [-0.15, -0.1) is 0 Å². The van der Waals surface area contributed by atoms with Crippen molar-refractivity contribution in [2.45, 2.75) is 13.5 Å². The first-order chi connectivity index (χ1) is 5.65. The standard InChI is InChI=1S/C9H10Br2O/c1-6-3-8(10)7(5-12-2)9(11)4-6/h3-4H,5H2,1-2H3. The van der Waals surface area contributed by atoms with Crippen molar-refractivity contribution in [3.05, 3.63) is 32.2 Å². The van der Waals surface area contributed by atoms with Crippen molar-refractivity contribution >= 4 is 31.9 Å². The molecule has 0 heterocycles. The molecule has 0 amide bonds. The lowest BCUT2D eigenvalue weighted by molar-refractivity contribution is 0.184. The van der Waals surface area contributed by atoms with Crippen molar-refractivity contribution in [1.29, 1.82) is 0 Å². The van der Waals surface area contributed by atoms with Gasteiger partial charge in [-0.05, 0) is 24.6 Å². The summed E-state index contributed by atoms with van der Waals surface area (Å²) in [4.78, 5) is 0. The van der Waals surface area contributed by atoms with Crippen LogP contribution in [0.3, 0.4) is 0 Å². The third-order valence-corrected chi connectivity index (χ3v) is 2.99. The molecule has 1 aromatic carbocycles. The summed E-state index contributed by atoms with van der Waals surface area (Å²) in [6, 6.07) is 4.16. The van der Waals surface area contributed by atoms with Crippen LogP contribution in [0.25, 0.3) is 0 Å². The highest BCUT2D eigenvalue weighted by Gasteiger charge is 2.04. The number of hydrogen-bond acceptors (Lipinski definition) is 1. The fourth-order valence-electron chi connectivity index (χ4n) is 1.01. The molecule has 0 atom stereocenters. The molecule has 1 rings (SSSR count). The smallest absolute Gasteiger partial charge is 0.0735 e. The van der Waals surface area contributed by atoms with Gasteiger partial charge in [-0.25, -0.2) is 0 Å². The normalized spacial score (nSPS) is 10.3. The lowest BCUT2D eigenvalue weighted by Gasteiger charge is -2.07. The van der Waals surface area contributed by atoms with E-state index < -0.39 is 0 Å². The molecule has 66 valence electrons. The predicted molar refractivity (Wildman–Crippen MR) is 57.3 cm³/mol. The van der Waals surface area contributed by atoms with Crippen LogP contribution >= 0.6 is 31.9 Å². The van der Waals surface area contributed by atoms with E-state index in [1.54, 1.807) is 7.11 Å². The Morgan fingerprint density at radius 2 is 1.75 bits per heavy atom. The molecule has 1 aromatic rings. The molecule has 0 saturated carbocycles. The van der Waals surface area contributed by atoms with E-state index in [1.165, 1.54) is 5.56 Å². The molecule has 0 aliphatic rings. The Kier molecular flexibility index (Phi) is 3.75. The second-order valence-corrected chi connectivity index (χ2v) is 4.35. The largest absolute Gasteiger partial charge is 0.380 e. The van der Waals surface area contributed by atoms with E-state index in [0.29, 0.717) is 6.61 Å². The molecule has 0 aliphatic heterocycles. The number of rotatable bonds is 2. The van der Waals surface area contributed by atoms with Crippen molar-refractivity contribution in [1.82, 2.24) is 0 Å². The van der Waals surface area contributed by atoms with Crippen molar-refractivity contribution < 1.29 is 4.74 Å². The first-order valence-corrected chi connectivity index (χ1v) is 5.17. The van der Waals surface area contributed by atoms with Crippen LogP contribution in [0.15, 0.2) is 21.1 Å². The first kappa shape index (κ1) is 10.2. The van der Waals surface area contributed by atoms with Gasteiger partial charge in [0.1, 0.15) is 0 Å². The Labute approximate surface area is 89.4 Å². The number of halogens is 2. The minimum atomic E-state index is 0.626. The third-order valence-electron chi connectivity index (χ3n) is 1.57. The molecule has 3 heteroatoms. The van der Waals surface area contributed by atoms with E-state index in [4.69, 9.17) is 4.74 Å². The molecule has 0 aliphatic carbocycles. The summed E-state index contributed by atoms with van der Waals surface area (Å²) in [6.45, 7) is 2.69. The van der Waals surface area contributed by atoms with E-state index in [0.717, 1.165) is 14.5 Å². The molecule has 0 bridgehead atoms. The number of ether oxygens (including phenoxy) is 1. The zero-order chi connectivity index (χ0) is 9.14. The number of benzene rings is 1. The highest BCUT2D eigenvalue weighted by molar-refractivity contribution is 9.11. The van der Waals surface area contributed by atoms with Gasteiger partial charge in [0.05, 0.1) is 6.61 Å². The summed E-state index contributed by atoms with van der Waals surface area (Å²) in [6.07, 6.45) is 0. The molecular formula is C9H10Br2O. The van der Waals surface area contributed by atoms with Crippen LogP contribution in [0.5, 0.6) is 0 Å². The van der Waals surface area contributed by atoms with Crippen LogP contribution in [0, 0.1) is 6.92 Å². The van der Waals surface area contributed by atoms with Gasteiger partial charge in [0.15, 0.2) is 0 Å². The molecular weight excluding hydrogens is 284 g/mol. The highest BCUT2D eigenvalue weighted by atomic mass is 79.9. The van der Waals surface area contributed by atoms with E-state index in [-0.39, 0.29) is 0 Å². The van der Waals surface area contributed by atoms with Gasteiger partial charge in [-0.1, -0.05) is 31.9 Å². The van der Waals surface area contributed by atoms with Gasteiger partial charge in [-0.2, -0.15) is 0 Å². The van der Waals surface area contributed by atoms with Gasteiger partial charge in [0.25, 0.3) is 0 Å². The van der Waals surface area contributed by atoms with Crippen molar-refractivity contribution in [3.63, 3.8) is 0 Å². The summed E-state index contributed by atoms with van der Waals surface area (Å²) >= 11 is 6.98. The second kappa shape index (κ2) is 4.40. The SMILES string of the molecule is COCc1c(Br)cc(C)cc1Br. The van der Waals surface area contributed by atoms with Crippen LogP contribution in [-0.2, 0) is 11.3 Å². The molecule has 12 heavy (non-hydrogen) atoms. The molecule has 0 aromatic heterocycles. The first-order valence-electron chi connectivity index (χ1n) is 3.58. The minimum Gasteiger partial charge on any atom is -0.380 e. The van der Waals surface area contributed by atoms with Crippen LogP contribution in [0.4, 0.5) is 0 Å². The minimum absolute atomic E-state index is 0.626.